The fourth-order valence-corrected chi connectivity index (χ4v) is 2.95. The van der Waals surface area contributed by atoms with Gasteiger partial charge < -0.3 is 24.5 Å². The second-order valence-corrected chi connectivity index (χ2v) is 6.10. The molecule has 2 aromatic carbocycles. The van der Waals surface area contributed by atoms with Crippen molar-refractivity contribution in [3.05, 3.63) is 60.4 Å². The highest BCUT2D eigenvalue weighted by molar-refractivity contribution is 6.15. The third-order valence-corrected chi connectivity index (χ3v) is 4.17. The first-order valence-corrected chi connectivity index (χ1v) is 8.82. The molecule has 0 atom stereocenters. The van der Waals surface area contributed by atoms with Gasteiger partial charge in [0, 0.05) is 17.1 Å². The van der Waals surface area contributed by atoms with E-state index in [0.717, 1.165) is 0 Å². The van der Waals surface area contributed by atoms with E-state index in [1.807, 2.05) is 6.07 Å². The van der Waals surface area contributed by atoms with Gasteiger partial charge in [-0.15, -0.1) is 0 Å². The first-order valence-electron chi connectivity index (χ1n) is 8.82. The Kier molecular flexibility index (Phi) is 4.72. The van der Waals surface area contributed by atoms with Gasteiger partial charge in [-0.2, -0.15) is 0 Å². The number of rotatable bonds is 4. The van der Waals surface area contributed by atoms with E-state index in [1.165, 1.54) is 6.08 Å². The smallest absolute Gasteiger partial charge is 0.293 e. The van der Waals surface area contributed by atoms with Gasteiger partial charge in [-0.1, -0.05) is 18.2 Å². The Hall–Kier alpha value is -3.74. The number of allylic oxidation sites excluding steroid dienone is 1. The maximum Gasteiger partial charge on any atom is 0.293 e. The maximum atomic E-state index is 12.9. The van der Waals surface area contributed by atoms with Gasteiger partial charge in [0.25, 0.3) is 5.91 Å². The summed E-state index contributed by atoms with van der Waals surface area (Å²) < 4.78 is 16.7. The number of furan rings is 1. The molecule has 7 nitrogen and oxygen atoms in total. The van der Waals surface area contributed by atoms with E-state index >= 15 is 0 Å². The van der Waals surface area contributed by atoms with Crippen molar-refractivity contribution in [1.82, 2.24) is 0 Å². The average Bonchev–Trinajstić information content (AvgIpc) is 3.07. The third kappa shape index (κ3) is 3.42. The van der Waals surface area contributed by atoms with Crippen molar-refractivity contribution in [2.45, 2.75) is 6.92 Å². The van der Waals surface area contributed by atoms with Crippen molar-refractivity contribution < 1.29 is 23.5 Å². The molecule has 1 aliphatic heterocycles. The van der Waals surface area contributed by atoms with Crippen molar-refractivity contribution in [3.8, 4) is 11.5 Å². The molecule has 0 unspecified atom stereocenters. The summed E-state index contributed by atoms with van der Waals surface area (Å²) >= 11 is 0. The number of anilines is 2. The summed E-state index contributed by atoms with van der Waals surface area (Å²) in [4.78, 5) is 24.9. The molecule has 7 heteroatoms. The Balaban J connectivity index is 1.66. The standard InChI is InChI=1S/C21H18N2O5/c1-2-5-18(24)23-19-14-6-3-4-7-15(14)28-20(19)21(25)22-13-8-9-16-17(12-13)27-11-10-26-16/h2-9,12H,10-11H2,1H3,(H,22,25)(H,23,24)/b5-2+. The van der Waals surface area contributed by atoms with Crippen LogP contribution in [0, 0.1) is 0 Å². The van der Waals surface area contributed by atoms with Crippen LogP contribution in [0.1, 0.15) is 17.5 Å². The van der Waals surface area contributed by atoms with Crippen LogP contribution in [0.2, 0.25) is 0 Å². The lowest BCUT2D eigenvalue weighted by Crippen LogP contribution is -2.17. The highest BCUT2D eigenvalue weighted by Gasteiger charge is 2.22. The van der Waals surface area contributed by atoms with Crippen LogP contribution in [0.4, 0.5) is 11.4 Å². The fraction of sp³-hybridized carbons (Fsp3) is 0.143. The quantitative estimate of drug-likeness (QED) is 0.671. The summed E-state index contributed by atoms with van der Waals surface area (Å²) in [6.07, 6.45) is 3.00. The van der Waals surface area contributed by atoms with Crippen LogP contribution in [0.5, 0.6) is 11.5 Å². The molecule has 0 spiro atoms. The van der Waals surface area contributed by atoms with Gasteiger partial charge in [-0.3, -0.25) is 9.59 Å². The molecule has 2 N–H and O–H groups in total. The first-order chi connectivity index (χ1) is 13.7. The van der Waals surface area contributed by atoms with Crippen LogP contribution < -0.4 is 20.1 Å². The van der Waals surface area contributed by atoms with E-state index in [2.05, 4.69) is 10.6 Å². The lowest BCUT2D eigenvalue weighted by atomic mass is 10.2. The van der Waals surface area contributed by atoms with Gasteiger partial charge in [0.15, 0.2) is 11.5 Å². The Labute approximate surface area is 160 Å². The van der Waals surface area contributed by atoms with Crippen molar-refractivity contribution in [1.29, 1.82) is 0 Å². The van der Waals surface area contributed by atoms with Crippen LogP contribution in [0.25, 0.3) is 11.0 Å². The Morgan fingerprint density at radius 3 is 2.61 bits per heavy atom. The van der Waals surface area contributed by atoms with E-state index < -0.39 is 5.91 Å². The number of fused-ring (bicyclic) bond motifs is 2. The molecule has 28 heavy (non-hydrogen) atoms. The van der Waals surface area contributed by atoms with Crippen LogP contribution in [-0.4, -0.2) is 25.0 Å². The van der Waals surface area contributed by atoms with Crippen LogP contribution in [0.15, 0.2) is 59.0 Å². The van der Waals surface area contributed by atoms with Gasteiger partial charge in [0.1, 0.15) is 24.5 Å². The Morgan fingerprint density at radius 1 is 1.00 bits per heavy atom. The summed E-state index contributed by atoms with van der Waals surface area (Å²) in [6.45, 7) is 2.69. The minimum atomic E-state index is -0.483. The topological polar surface area (TPSA) is 89.8 Å². The van der Waals surface area contributed by atoms with Gasteiger partial charge in [-0.25, -0.2) is 0 Å². The number of ether oxygens (including phenoxy) is 2. The number of nitrogens with one attached hydrogen (secondary N) is 2. The highest BCUT2D eigenvalue weighted by Crippen LogP contribution is 2.34. The molecule has 0 fully saturated rings. The predicted molar refractivity (Wildman–Crippen MR) is 105 cm³/mol. The SMILES string of the molecule is C/C=C/C(=O)Nc1c(C(=O)Nc2ccc3c(c2)OCCO3)oc2ccccc12. The van der Waals surface area contributed by atoms with E-state index in [1.54, 1.807) is 49.4 Å². The normalized spacial score (nSPS) is 12.9. The molecule has 0 saturated carbocycles. The number of carbonyl (C=O) groups is 2. The third-order valence-electron chi connectivity index (χ3n) is 4.17. The van der Waals surface area contributed by atoms with Crippen LogP contribution >= 0.6 is 0 Å². The van der Waals surface area contributed by atoms with Gasteiger partial charge >= 0.3 is 0 Å². The second-order valence-electron chi connectivity index (χ2n) is 6.10. The molecular weight excluding hydrogens is 360 g/mol. The van der Waals surface area contributed by atoms with E-state index in [-0.39, 0.29) is 11.7 Å². The maximum absolute atomic E-state index is 12.9. The van der Waals surface area contributed by atoms with Crippen LogP contribution in [-0.2, 0) is 4.79 Å². The van der Waals surface area contributed by atoms with Crippen molar-refractivity contribution in [2.24, 2.45) is 0 Å². The van der Waals surface area contributed by atoms with Gasteiger partial charge in [-0.05, 0) is 37.3 Å². The van der Waals surface area contributed by atoms with E-state index in [9.17, 15) is 9.59 Å². The number of amides is 2. The highest BCUT2D eigenvalue weighted by atomic mass is 16.6. The monoisotopic (exact) mass is 378 g/mol. The number of para-hydroxylation sites is 1. The lowest BCUT2D eigenvalue weighted by Gasteiger charge is -2.18. The molecule has 3 aromatic rings. The number of hydrogen-bond donors (Lipinski definition) is 2. The van der Waals surface area contributed by atoms with Gasteiger partial charge in [0.2, 0.25) is 11.7 Å². The summed E-state index contributed by atoms with van der Waals surface area (Å²) in [7, 11) is 0. The molecule has 4 rings (SSSR count). The van der Waals surface area contributed by atoms with Crippen molar-refractivity contribution >= 4 is 34.2 Å². The van der Waals surface area contributed by atoms with Crippen molar-refractivity contribution in [2.75, 3.05) is 23.8 Å². The Bertz CT molecular complexity index is 1080. The molecule has 0 radical (unpaired) electrons. The largest absolute Gasteiger partial charge is 0.486 e. The summed E-state index contributed by atoms with van der Waals surface area (Å²) in [5.74, 6) is 0.391. The summed E-state index contributed by atoms with van der Waals surface area (Å²) in [5.41, 5.74) is 1.36. The zero-order chi connectivity index (χ0) is 19.5. The second kappa shape index (κ2) is 7.48. The number of carbonyl (C=O) groups excluding carboxylic acids is 2. The lowest BCUT2D eigenvalue weighted by molar-refractivity contribution is -0.111. The zero-order valence-corrected chi connectivity index (χ0v) is 15.2. The first kappa shape index (κ1) is 17.7. The molecule has 0 saturated heterocycles. The molecule has 1 aliphatic rings. The molecule has 0 aliphatic carbocycles. The van der Waals surface area contributed by atoms with E-state index in [0.29, 0.717) is 47.1 Å². The fourth-order valence-electron chi connectivity index (χ4n) is 2.95. The Morgan fingerprint density at radius 2 is 1.79 bits per heavy atom. The molecule has 142 valence electrons. The zero-order valence-electron chi connectivity index (χ0n) is 15.2. The molecule has 2 heterocycles. The predicted octanol–water partition coefficient (Wildman–Crippen LogP) is 3.97. The minimum absolute atomic E-state index is 0.0222. The minimum Gasteiger partial charge on any atom is -0.486 e. The van der Waals surface area contributed by atoms with Gasteiger partial charge in [0.05, 0.1) is 0 Å². The molecule has 0 bridgehead atoms. The summed E-state index contributed by atoms with van der Waals surface area (Å²) in [5, 5.41) is 6.15. The molecule has 2 amide bonds. The number of hydrogen-bond acceptors (Lipinski definition) is 5. The van der Waals surface area contributed by atoms with Crippen molar-refractivity contribution in [3.63, 3.8) is 0 Å². The summed E-state index contributed by atoms with van der Waals surface area (Å²) in [6, 6.07) is 12.3. The number of benzene rings is 2. The molecular formula is C21H18N2O5. The average molecular weight is 378 g/mol. The van der Waals surface area contributed by atoms with Crippen LogP contribution in [0.3, 0.4) is 0 Å². The van der Waals surface area contributed by atoms with E-state index in [4.69, 9.17) is 13.9 Å². The molecule has 1 aromatic heterocycles.